The van der Waals surface area contributed by atoms with Gasteiger partial charge in [0.05, 0.1) is 17.7 Å². The van der Waals surface area contributed by atoms with Gasteiger partial charge in [-0.3, -0.25) is 31.1 Å². The van der Waals surface area contributed by atoms with E-state index in [9.17, 15) is 32.5 Å². The summed E-state index contributed by atoms with van der Waals surface area (Å²) in [7, 11) is 0.795. The summed E-state index contributed by atoms with van der Waals surface area (Å²) in [4.78, 5) is 21.9. The first-order valence-electron chi connectivity index (χ1n) is 7.19. The summed E-state index contributed by atoms with van der Waals surface area (Å²) in [5, 5.41) is 11.9. The highest BCUT2D eigenvalue weighted by Crippen LogP contribution is 2.29. The number of nitrogens with zero attached hydrogens (tertiary/aromatic N) is 1. The number of methoxy groups -OCH3 is 1. The molecular formula is C15H10F4N4O4S. The standard InChI is InChI=1S/C15H10F4N4O4S/c1-27-13-11(18)9(16)8(10(17)12(13)19)14(24)20-15(28)22-21-6-2-4-7(5-3-6)23(25)26/h2-5,21H,1H3,(H2,20,22,24,28). The van der Waals surface area contributed by atoms with Gasteiger partial charge in [-0.25, -0.2) is 8.78 Å². The van der Waals surface area contributed by atoms with Crippen LogP contribution in [-0.2, 0) is 0 Å². The van der Waals surface area contributed by atoms with Crippen LogP contribution in [0, 0.1) is 33.4 Å². The molecule has 0 unspecified atom stereocenters. The fourth-order valence-corrected chi connectivity index (χ4v) is 2.13. The van der Waals surface area contributed by atoms with Crippen molar-refractivity contribution in [3.05, 3.63) is 63.2 Å². The van der Waals surface area contributed by atoms with Crippen LogP contribution < -0.4 is 20.9 Å². The molecule has 0 fully saturated rings. The number of nitro groups is 1. The molecule has 28 heavy (non-hydrogen) atoms. The Kier molecular flexibility index (Phi) is 6.30. The number of nitro benzene ring substituents is 1. The summed E-state index contributed by atoms with van der Waals surface area (Å²) in [5.74, 6) is -10.5. The predicted octanol–water partition coefficient (Wildman–Crippen LogP) is 2.79. The highest BCUT2D eigenvalue weighted by atomic mass is 32.1. The number of thiocarbonyl (C=S) groups is 1. The molecule has 8 nitrogen and oxygen atoms in total. The lowest BCUT2D eigenvalue weighted by Crippen LogP contribution is -2.42. The zero-order chi connectivity index (χ0) is 21.0. The van der Waals surface area contributed by atoms with E-state index in [4.69, 9.17) is 12.2 Å². The van der Waals surface area contributed by atoms with E-state index in [2.05, 4.69) is 15.6 Å². The Morgan fingerprint density at radius 1 is 1.07 bits per heavy atom. The minimum atomic E-state index is -1.96. The van der Waals surface area contributed by atoms with Gasteiger partial charge in [-0.1, -0.05) is 0 Å². The summed E-state index contributed by atoms with van der Waals surface area (Å²) < 4.78 is 59.3. The van der Waals surface area contributed by atoms with Gasteiger partial charge in [0.1, 0.15) is 5.56 Å². The number of nitrogens with one attached hydrogen (secondary N) is 3. The van der Waals surface area contributed by atoms with Crippen molar-refractivity contribution < 1.29 is 32.0 Å². The van der Waals surface area contributed by atoms with E-state index in [1.807, 2.05) is 5.32 Å². The molecule has 3 N–H and O–H groups in total. The number of hydrogen-bond acceptors (Lipinski definition) is 6. The van der Waals surface area contributed by atoms with Crippen LogP contribution in [0.25, 0.3) is 0 Å². The Labute approximate surface area is 159 Å². The van der Waals surface area contributed by atoms with E-state index in [1.54, 1.807) is 0 Å². The van der Waals surface area contributed by atoms with E-state index in [0.717, 1.165) is 7.11 Å². The van der Waals surface area contributed by atoms with E-state index < -0.39 is 50.5 Å². The molecule has 13 heteroatoms. The van der Waals surface area contributed by atoms with Crippen LogP contribution in [-0.4, -0.2) is 23.1 Å². The fraction of sp³-hybridized carbons (Fsp3) is 0.0667. The molecule has 1 amide bonds. The van der Waals surface area contributed by atoms with Gasteiger partial charge in [0.2, 0.25) is 11.6 Å². The van der Waals surface area contributed by atoms with Gasteiger partial charge < -0.3 is 4.74 Å². The van der Waals surface area contributed by atoms with E-state index in [-0.39, 0.29) is 5.69 Å². The van der Waals surface area contributed by atoms with Crippen molar-refractivity contribution in [3.8, 4) is 5.75 Å². The number of hydrogen-bond donors (Lipinski definition) is 3. The quantitative estimate of drug-likeness (QED) is 0.225. The maximum absolute atomic E-state index is 13.9. The first kappa shape index (κ1) is 20.8. The van der Waals surface area contributed by atoms with E-state index >= 15 is 0 Å². The van der Waals surface area contributed by atoms with Crippen molar-refractivity contribution in [1.82, 2.24) is 10.7 Å². The number of non-ortho nitro benzene ring substituents is 1. The maximum atomic E-state index is 13.9. The summed E-state index contributed by atoms with van der Waals surface area (Å²) in [5.41, 5.74) is 3.31. The predicted molar refractivity (Wildman–Crippen MR) is 92.7 cm³/mol. The molecule has 2 rings (SSSR count). The third-order valence-electron chi connectivity index (χ3n) is 3.28. The largest absolute Gasteiger partial charge is 0.491 e. The van der Waals surface area contributed by atoms with Crippen molar-refractivity contribution in [1.29, 1.82) is 0 Å². The average molecular weight is 418 g/mol. The van der Waals surface area contributed by atoms with E-state index in [1.165, 1.54) is 24.3 Å². The molecule has 0 atom stereocenters. The fourth-order valence-electron chi connectivity index (χ4n) is 1.98. The number of ether oxygens (including phenoxy) is 1. The molecule has 0 aromatic heterocycles. The van der Waals surface area contributed by atoms with Crippen molar-refractivity contribution in [2.75, 3.05) is 12.5 Å². The van der Waals surface area contributed by atoms with Gasteiger partial charge >= 0.3 is 0 Å². The van der Waals surface area contributed by atoms with Gasteiger partial charge in [-0.05, 0) is 24.4 Å². The van der Waals surface area contributed by atoms with Crippen molar-refractivity contribution in [3.63, 3.8) is 0 Å². The number of amides is 1. The molecule has 0 aliphatic heterocycles. The number of carbonyl (C=O) groups excluding carboxylic acids is 1. The smallest absolute Gasteiger partial charge is 0.269 e. The Balaban J connectivity index is 2.08. The highest BCUT2D eigenvalue weighted by molar-refractivity contribution is 7.80. The monoisotopic (exact) mass is 418 g/mol. The normalized spacial score (nSPS) is 10.2. The number of anilines is 1. The number of carbonyl (C=O) groups is 1. The molecule has 2 aromatic carbocycles. The number of rotatable bonds is 5. The van der Waals surface area contributed by atoms with Crippen LogP contribution in [0.4, 0.5) is 28.9 Å². The minimum Gasteiger partial charge on any atom is -0.491 e. The summed E-state index contributed by atoms with van der Waals surface area (Å²) in [6, 6.07) is 4.98. The zero-order valence-corrected chi connectivity index (χ0v) is 14.6. The summed E-state index contributed by atoms with van der Waals surface area (Å²) in [6.07, 6.45) is 0. The second kappa shape index (κ2) is 8.47. The molecule has 148 valence electrons. The Hall–Kier alpha value is -3.48. The van der Waals surface area contributed by atoms with Crippen LogP contribution >= 0.6 is 12.2 Å². The third-order valence-corrected chi connectivity index (χ3v) is 3.48. The number of benzene rings is 2. The lowest BCUT2D eigenvalue weighted by atomic mass is 10.1. The van der Waals surface area contributed by atoms with Gasteiger partial charge in [0.25, 0.3) is 11.6 Å². The maximum Gasteiger partial charge on any atom is 0.269 e. The molecule has 0 aliphatic rings. The van der Waals surface area contributed by atoms with Gasteiger partial charge in [-0.2, -0.15) is 8.78 Å². The summed E-state index contributed by atoms with van der Waals surface area (Å²) >= 11 is 4.73. The second-order valence-electron chi connectivity index (χ2n) is 5.00. The SMILES string of the molecule is COc1c(F)c(F)c(C(=O)NC(=S)NNc2ccc([N+](=O)[O-])cc2)c(F)c1F. The average Bonchev–Trinajstić information content (AvgIpc) is 2.65. The van der Waals surface area contributed by atoms with Crippen molar-refractivity contribution in [2.24, 2.45) is 0 Å². The molecular weight excluding hydrogens is 408 g/mol. The van der Waals surface area contributed by atoms with Crippen LogP contribution in [0.3, 0.4) is 0 Å². The Morgan fingerprint density at radius 3 is 2.07 bits per heavy atom. The molecule has 0 spiro atoms. The molecule has 0 saturated heterocycles. The number of halogens is 4. The highest BCUT2D eigenvalue weighted by Gasteiger charge is 2.30. The van der Waals surface area contributed by atoms with Crippen LogP contribution in [0.5, 0.6) is 5.75 Å². The van der Waals surface area contributed by atoms with Crippen molar-refractivity contribution >= 4 is 34.6 Å². The molecule has 0 radical (unpaired) electrons. The molecule has 0 heterocycles. The zero-order valence-electron chi connectivity index (χ0n) is 13.8. The summed E-state index contributed by atoms with van der Waals surface area (Å²) in [6.45, 7) is 0. The van der Waals surface area contributed by atoms with E-state index in [0.29, 0.717) is 5.69 Å². The Bertz CT molecular complexity index is 927. The lowest BCUT2D eigenvalue weighted by Gasteiger charge is -2.13. The Morgan fingerprint density at radius 2 is 1.61 bits per heavy atom. The molecule has 0 saturated carbocycles. The van der Waals surface area contributed by atoms with Gasteiger partial charge in [-0.15, -0.1) is 0 Å². The van der Waals surface area contributed by atoms with Crippen molar-refractivity contribution in [2.45, 2.75) is 0 Å². The molecule has 0 aliphatic carbocycles. The molecule has 0 bridgehead atoms. The van der Waals surface area contributed by atoms with Gasteiger partial charge in [0, 0.05) is 12.1 Å². The lowest BCUT2D eigenvalue weighted by molar-refractivity contribution is -0.384. The van der Waals surface area contributed by atoms with Gasteiger partial charge in [0.15, 0.2) is 22.5 Å². The molecule has 2 aromatic rings. The second-order valence-corrected chi connectivity index (χ2v) is 5.41. The topological polar surface area (TPSA) is 106 Å². The first-order chi connectivity index (χ1) is 13.2. The minimum absolute atomic E-state index is 0.170. The van der Waals surface area contributed by atoms with Crippen LogP contribution in [0.15, 0.2) is 24.3 Å². The number of hydrazine groups is 1. The first-order valence-corrected chi connectivity index (χ1v) is 7.59. The third kappa shape index (κ3) is 4.25. The van der Waals surface area contributed by atoms with Crippen LogP contribution in [0.1, 0.15) is 10.4 Å². The van der Waals surface area contributed by atoms with Crippen LogP contribution in [0.2, 0.25) is 0 Å².